The maximum Gasteiger partial charge on any atom is 0.0868 e. The van der Waals surface area contributed by atoms with E-state index < -0.39 is 0 Å². The van der Waals surface area contributed by atoms with E-state index in [1.165, 1.54) is 38.5 Å². The van der Waals surface area contributed by atoms with E-state index in [1.807, 2.05) is 0 Å². The fourth-order valence-electron chi connectivity index (χ4n) is 3.39. The average molecular weight is 282 g/mol. The normalized spacial score (nSPS) is 41.7. The van der Waals surface area contributed by atoms with Crippen LogP contribution in [-0.4, -0.2) is 36.6 Å². The molecule has 0 amide bonds. The van der Waals surface area contributed by atoms with E-state index in [9.17, 15) is 0 Å². The summed E-state index contributed by atoms with van der Waals surface area (Å²) >= 11 is 0. The Morgan fingerprint density at radius 1 is 0.600 bits per heavy atom. The summed E-state index contributed by atoms with van der Waals surface area (Å²) in [5, 5.41) is 0. The summed E-state index contributed by atoms with van der Waals surface area (Å²) in [5.41, 5.74) is 0. The molecular formula is C17H30O3. The van der Waals surface area contributed by atoms with Crippen LogP contribution in [0.2, 0.25) is 0 Å². The number of hydrogen-bond acceptors (Lipinski definition) is 3. The van der Waals surface area contributed by atoms with Crippen LogP contribution in [0.25, 0.3) is 0 Å². The van der Waals surface area contributed by atoms with Crippen LogP contribution in [0.3, 0.4) is 0 Å². The van der Waals surface area contributed by atoms with Crippen molar-refractivity contribution in [3.8, 4) is 0 Å². The van der Waals surface area contributed by atoms with Gasteiger partial charge in [-0.05, 0) is 12.8 Å². The second kappa shape index (κ2) is 6.76. The first-order valence-electron chi connectivity index (χ1n) is 8.78. The van der Waals surface area contributed by atoms with E-state index >= 15 is 0 Å². The molecule has 3 aliphatic heterocycles. The zero-order chi connectivity index (χ0) is 13.9. The standard InChI is InChI=1S/C17H30O3/c1-3-5-6-7-8-9-13-15(19-13)11-17-16(20-17)10-14-12(4-2)18-14/h12-17H,3-11H2,1-2H3. The van der Waals surface area contributed by atoms with Crippen molar-refractivity contribution in [2.45, 2.75) is 108 Å². The second-order valence-corrected chi connectivity index (χ2v) is 6.72. The summed E-state index contributed by atoms with van der Waals surface area (Å²) < 4.78 is 17.1. The number of epoxide rings is 3. The molecule has 6 atom stereocenters. The molecule has 0 saturated carbocycles. The smallest absolute Gasteiger partial charge is 0.0868 e. The van der Waals surface area contributed by atoms with Crippen molar-refractivity contribution in [3.05, 3.63) is 0 Å². The molecule has 3 heteroatoms. The SMILES string of the molecule is CCCCCCCC1OC1CC1OC1CC1OC1CC. The Balaban J connectivity index is 1.18. The van der Waals surface area contributed by atoms with Gasteiger partial charge in [-0.15, -0.1) is 0 Å². The molecule has 3 rings (SSSR count). The molecule has 6 unspecified atom stereocenters. The van der Waals surface area contributed by atoms with Crippen LogP contribution in [0.4, 0.5) is 0 Å². The van der Waals surface area contributed by atoms with Crippen LogP contribution in [0.1, 0.15) is 71.6 Å². The Morgan fingerprint density at radius 2 is 1.15 bits per heavy atom. The van der Waals surface area contributed by atoms with Gasteiger partial charge in [0.2, 0.25) is 0 Å². The lowest BCUT2D eigenvalue weighted by atomic mass is 10.0. The molecule has 0 aromatic carbocycles. The molecule has 0 aliphatic carbocycles. The van der Waals surface area contributed by atoms with Gasteiger partial charge in [-0.2, -0.15) is 0 Å². The number of ether oxygens (including phenoxy) is 3. The number of rotatable bonds is 11. The van der Waals surface area contributed by atoms with Gasteiger partial charge in [-0.1, -0.05) is 46.0 Å². The van der Waals surface area contributed by atoms with Crippen molar-refractivity contribution in [1.29, 1.82) is 0 Å². The average Bonchev–Trinajstić information content (AvgIpc) is 3.32. The van der Waals surface area contributed by atoms with Crippen molar-refractivity contribution >= 4 is 0 Å². The highest BCUT2D eigenvalue weighted by Crippen LogP contribution is 2.41. The largest absolute Gasteiger partial charge is 0.369 e. The van der Waals surface area contributed by atoms with E-state index in [-0.39, 0.29) is 0 Å². The van der Waals surface area contributed by atoms with E-state index in [1.54, 1.807) is 0 Å². The Hall–Kier alpha value is -0.120. The molecule has 3 saturated heterocycles. The first-order chi connectivity index (χ1) is 9.81. The summed E-state index contributed by atoms with van der Waals surface area (Å²) in [6.07, 6.45) is 14.4. The van der Waals surface area contributed by atoms with Crippen LogP contribution in [0.5, 0.6) is 0 Å². The number of unbranched alkanes of at least 4 members (excludes halogenated alkanes) is 4. The minimum Gasteiger partial charge on any atom is -0.369 e. The molecule has 0 N–H and O–H groups in total. The molecule has 20 heavy (non-hydrogen) atoms. The van der Waals surface area contributed by atoms with Crippen LogP contribution in [0, 0.1) is 0 Å². The third-order valence-electron chi connectivity index (χ3n) is 4.99. The van der Waals surface area contributed by atoms with E-state index in [4.69, 9.17) is 14.2 Å². The Kier molecular flexibility index (Phi) is 5.00. The van der Waals surface area contributed by atoms with Crippen molar-refractivity contribution in [2.24, 2.45) is 0 Å². The zero-order valence-electron chi connectivity index (χ0n) is 13.1. The van der Waals surface area contributed by atoms with E-state index in [2.05, 4.69) is 13.8 Å². The lowest BCUT2D eigenvalue weighted by Gasteiger charge is -1.97. The lowest BCUT2D eigenvalue weighted by molar-refractivity contribution is 0.309. The quantitative estimate of drug-likeness (QED) is 0.427. The molecule has 3 heterocycles. The van der Waals surface area contributed by atoms with Crippen LogP contribution < -0.4 is 0 Å². The molecule has 0 aromatic heterocycles. The van der Waals surface area contributed by atoms with Crippen molar-refractivity contribution < 1.29 is 14.2 Å². The predicted molar refractivity (Wildman–Crippen MR) is 78.9 cm³/mol. The van der Waals surface area contributed by atoms with Gasteiger partial charge in [0.1, 0.15) is 0 Å². The van der Waals surface area contributed by atoms with Gasteiger partial charge < -0.3 is 14.2 Å². The van der Waals surface area contributed by atoms with Gasteiger partial charge in [0, 0.05) is 12.8 Å². The first kappa shape index (κ1) is 14.8. The van der Waals surface area contributed by atoms with Gasteiger partial charge in [0.25, 0.3) is 0 Å². The van der Waals surface area contributed by atoms with Gasteiger partial charge in [0.05, 0.1) is 36.6 Å². The maximum atomic E-state index is 5.77. The molecule has 0 spiro atoms. The predicted octanol–water partition coefficient (Wildman–Crippen LogP) is 3.84. The third-order valence-corrected chi connectivity index (χ3v) is 4.99. The molecular weight excluding hydrogens is 252 g/mol. The first-order valence-corrected chi connectivity index (χ1v) is 8.78. The summed E-state index contributed by atoms with van der Waals surface area (Å²) in [6, 6.07) is 0. The summed E-state index contributed by atoms with van der Waals surface area (Å²) in [5.74, 6) is 0. The highest BCUT2D eigenvalue weighted by atomic mass is 16.6. The molecule has 3 fully saturated rings. The van der Waals surface area contributed by atoms with Gasteiger partial charge in [-0.3, -0.25) is 0 Å². The molecule has 3 aliphatic rings. The van der Waals surface area contributed by atoms with Gasteiger partial charge >= 0.3 is 0 Å². The number of hydrogen-bond donors (Lipinski definition) is 0. The molecule has 0 radical (unpaired) electrons. The monoisotopic (exact) mass is 282 g/mol. The zero-order valence-corrected chi connectivity index (χ0v) is 13.1. The highest BCUT2D eigenvalue weighted by Gasteiger charge is 2.51. The summed E-state index contributed by atoms with van der Waals surface area (Å²) in [6.45, 7) is 4.46. The van der Waals surface area contributed by atoms with Crippen LogP contribution >= 0.6 is 0 Å². The van der Waals surface area contributed by atoms with E-state index in [0.717, 1.165) is 19.3 Å². The Morgan fingerprint density at radius 3 is 1.80 bits per heavy atom. The van der Waals surface area contributed by atoms with Gasteiger partial charge in [-0.25, -0.2) is 0 Å². The fraction of sp³-hybridized carbons (Fsp3) is 1.00. The van der Waals surface area contributed by atoms with Crippen LogP contribution in [-0.2, 0) is 14.2 Å². The molecule has 3 nitrogen and oxygen atoms in total. The topological polar surface area (TPSA) is 37.6 Å². The van der Waals surface area contributed by atoms with Crippen molar-refractivity contribution in [1.82, 2.24) is 0 Å². The maximum absolute atomic E-state index is 5.77. The second-order valence-electron chi connectivity index (χ2n) is 6.72. The summed E-state index contributed by atoms with van der Waals surface area (Å²) in [7, 11) is 0. The summed E-state index contributed by atoms with van der Waals surface area (Å²) in [4.78, 5) is 0. The Bertz CT molecular complexity index is 307. The minimum atomic E-state index is 0.464. The van der Waals surface area contributed by atoms with Gasteiger partial charge in [0.15, 0.2) is 0 Å². The minimum absolute atomic E-state index is 0.464. The Labute approximate surface area is 123 Å². The third kappa shape index (κ3) is 4.19. The fourth-order valence-corrected chi connectivity index (χ4v) is 3.39. The van der Waals surface area contributed by atoms with Crippen molar-refractivity contribution in [3.63, 3.8) is 0 Å². The van der Waals surface area contributed by atoms with Crippen LogP contribution in [0.15, 0.2) is 0 Å². The molecule has 116 valence electrons. The van der Waals surface area contributed by atoms with Crippen molar-refractivity contribution in [2.75, 3.05) is 0 Å². The van der Waals surface area contributed by atoms with E-state index in [0.29, 0.717) is 36.6 Å². The molecule has 0 aromatic rings. The lowest BCUT2D eigenvalue weighted by Crippen LogP contribution is -2.05. The molecule has 0 bridgehead atoms. The highest BCUT2D eigenvalue weighted by molar-refractivity contribution is 4.98.